The lowest BCUT2D eigenvalue weighted by Gasteiger charge is -2.15. The molecular weight excluding hydrogens is 350 g/mol. The number of benzene rings is 2. The van der Waals surface area contributed by atoms with Crippen molar-refractivity contribution in [2.75, 3.05) is 12.4 Å². The second kappa shape index (κ2) is 8.65. The van der Waals surface area contributed by atoms with Gasteiger partial charge in [0.2, 0.25) is 0 Å². The van der Waals surface area contributed by atoms with Gasteiger partial charge in [-0.3, -0.25) is 0 Å². The highest BCUT2D eigenvalue weighted by atomic mass is 16.5. The van der Waals surface area contributed by atoms with Gasteiger partial charge in [0.15, 0.2) is 0 Å². The number of nitrogens with one attached hydrogen (secondary N) is 2. The molecule has 28 heavy (non-hydrogen) atoms. The Labute approximate surface area is 166 Å². The van der Waals surface area contributed by atoms with Crippen molar-refractivity contribution in [1.82, 2.24) is 9.88 Å². The van der Waals surface area contributed by atoms with Gasteiger partial charge in [-0.05, 0) is 73.9 Å². The molecule has 1 heterocycles. The van der Waals surface area contributed by atoms with E-state index in [2.05, 4.69) is 54.3 Å². The lowest BCUT2D eigenvalue weighted by molar-refractivity contribution is 0.251. The predicted octanol–water partition coefficient (Wildman–Crippen LogP) is 4.79. The van der Waals surface area contributed by atoms with Crippen molar-refractivity contribution in [3.05, 3.63) is 82.7 Å². The summed E-state index contributed by atoms with van der Waals surface area (Å²) in [5, 5.41) is 5.76. The zero-order valence-electron chi connectivity index (χ0n) is 16.9. The zero-order valence-corrected chi connectivity index (χ0v) is 16.9. The van der Waals surface area contributed by atoms with Gasteiger partial charge in [-0.2, -0.15) is 0 Å². The van der Waals surface area contributed by atoms with E-state index in [1.54, 1.807) is 7.11 Å². The molecule has 0 spiro atoms. The van der Waals surface area contributed by atoms with Crippen molar-refractivity contribution in [3.8, 4) is 5.75 Å². The number of aromatic nitrogens is 1. The first-order chi connectivity index (χ1) is 13.5. The number of anilines is 1. The fourth-order valence-corrected chi connectivity index (χ4v) is 3.41. The van der Waals surface area contributed by atoms with E-state index in [1.807, 2.05) is 36.4 Å². The smallest absolute Gasteiger partial charge is 0.319 e. The van der Waals surface area contributed by atoms with E-state index in [9.17, 15) is 4.79 Å². The Morgan fingerprint density at radius 2 is 1.71 bits per heavy atom. The maximum absolute atomic E-state index is 12.2. The van der Waals surface area contributed by atoms with Crippen LogP contribution in [0.4, 0.5) is 10.5 Å². The van der Waals surface area contributed by atoms with E-state index < -0.39 is 0 Å². The maximum atomic E-state index is 12.2. The van der Waals surface area contributed by atoms with Crippen LogP contribution in [0, 0.1) is 20.8 Å². The van der Waals surface area contributed by atoms with Gasteiger partial charge in [0.25, 0.3) is 0 Å². The van der Waals surface area contributed by atoms with Gasteiger partial charge < -0.3 is 19.9 Å². The first kappa shape index (κ1) is 19.5. The number of carbonyl (C=O) groups excluding carboxylic acids is 1. The van der Waals surface area contributed by atoms with Crippen LogP contribution in [0.3, 0.4) is 0 Å². The van der Waals surface area contributed by atoms with Crippen LogP contribution in [0.25, 0.3) is 0 Å². The van der Waals surface area contributed by atoms with Gasteiger partial charge in [-0.15, -0.1) is 0 Å². The van der Waals surface area contributed by atoms with E-state index in [0.717, 1.165) is 23.7 Å². The highest BCUT2D eigenvalue weighted by Gasteiger charge is 2.09. The number of nitrogens with zero attached hydrogens (tertiary/aromatic N) is 1. The Bertz CT molecular complexity index is 935. The molecule has 0 aliphatic heterocycles. The van der Waals surface area contributed by atoms with Gasteiger partial charge >= 0.3 is 6.03 Å². The summed E-state index contributed by atoms with van der Waals surface area (Å²) in [5.41, 5.74) is 6.97. The zero-order chi connectivity index (χ0) is 20.1. The SMILES string of the molecule is COc1ccc(NC(=O)NCc2cccn2Cc2c(C)cc(C)cc2C)cc1. The fraction of sp³-hybridized carbons (Fsp3) is 0.261. The highest BCUT2D eigenvalue weighted by molar-refractivity contribution is 5.89. The standard InChI is InChI=1S/C23H27N3O2/c1-16-12-17(2)22(18(3)13-16)15-26-11-5-6-20(26)14-24-23(27)25-19-7-9-21(28-4)10-8-19/h5-13H,14-15H2,1-4H3,(H2,24,25,27). The van der Waals surface area contributed by atoms with Crippen LogP contribution in [0.2, 0.25) is 0 Å². The molecule has 3 rings (SSSR count). The van der Waals surface area contributed by atoms with Gasteiger partial charge in [0.1, 0.15) is 5.75 Å². The molecular formula is C23H27N3O2. The lowest BCUT2D eigenvalue weighted by atomic mass is 10.00. The molecule has 1 aromatic heterocycles. The molecule has 0 bridgehead atoms. The van der Waals surface area contributed by atoms with E-state index in [4.69, 9.17) is 4.74 Å². The van der Waals surface area contributed by atoms with Crippen LogP contribution in [-0.2, 0) is 13.1 Å². The Balaban J connectivity index is 1.62. The number of methoxy groups -OCH3 is 1. The Morgan fingerprint density at radius 1 is 1.04 bits per heavy atom. The van der Waals surface area contributed by atoms with Crippen molar-refractivity contribution in [1.29, 1.82) is 0 Å². The van der Waals surface area contributed by atoms with Gasteiger partial charge in [-0.25, -0.2) is 4.79 Å². The molecule has 2 amide bonds. The number of hydrogen-bond donors (Lipinski definition) is 2. The van der Waals surface area contributed by atoms with Crippen LogP contribution in [-0.4, -0.2) is 17.7 Å². The number of urea groups is 1. The Morgan fingerprint density at radius 3 is 2.36 bits per heavy atom. The molecule has 146 valence electrons. The number of carbonyl (C=O) groups is 1. The van der Waals surface area contributed by atoms with Crippen LogP contribution in [0.1, 0.15) is 27.9 Å². The second-order valence-corrected chi connectivity index (χ2v) is 7.04. The summed E-state index contributed by atoms with van der Waals surface area (Å²) < 4.78 is 7.30. The van der Waals surface area contributed by atoms with Crippen LogP contribution in [0.5, 0.6) is 5.75 Å². The summed E-state index contributed by atoms with van der Waals surface area (Å²) in [7, 11) is 1.61. The molecule has 5 heteroatoms. The summed E-state index contributed by atoms with van der Waals surface area (Å²) in [4.78, 5) is 12.2. The topological polar surface area (TPSA) is 55.3 Å². The average molecular weight is 377 g/mol. The number of hydrogen-bond acceptors (Lipinski definition) is 2. The number of aryl methyl sites for hydroxylation is 3. The first-order valence-corrected chi connectivity index (χ1v) is 9.36. The van der Waals surface area contributed by atoms with Crippen molar-refractivity contribution < 1.29 is 9.53 Å². The third-order valence-corrected chi connectivity index (χ3v) is 4.87. The van der Waals surface area contributed by atoms with Crippen molar-refractivity contribution in [2.45, 2.75) is 33.9 Å². The van der Waals surface area contributed by atoms with Gasteiger partial charge in [0.05, 0.1) is 13.7 Å². The summed E-state index contributed by atoms with van der Waals surface area (Å²) in [6.45, 7) is 7.68. The summed E-state index contributed by atoms with van der Waals surface area (Å²) in [5.74, 6) is 0.755. The van der Waals surface area contributed by atoms with Crippen LogP contribution in [0.15, 0.2) is 54.7 Å². The lowest BCUT2D eigenvalue weighted by Crippen LogP contribution is -2.29. The van der Waals surface area contributed by atoms with Crippen molar-refractivity contribution in [3.63, 3.8) is 0 Å². The molecule has 0 unspecified atom stereocenters. The molecule has 0 saturated heterocycles. The molecule has 0 radical (unpaired) electrons. The van der Waals surface area contributed by atoms with Crippen LogP contribution >= 0.6 is 0 Å². The van der Waals surface area contributed by atoms with Gasteiger partial charge in [-0.1, -0.05) is 17.7 Å². The molecule has 0 fully saturated rings. The molecule has 0 aliphatic carbocycles. The molecule has 5 nitrogen and oxygen atoms in total. The Kier molecular flexibility index (Phi) is 6.04. The minimum Gasteiger partial charge on any atom is -0.497 e. The van der Waals surface area contributed by atoms with Gasteiger partial charge in [0, 0.05) is 24.1 Å². The quantitative estimate of drug-likeness (QED) is 0.649. The monoisotopic (exact) mass is 377 g/mol. The summed E-state index contributed by atoms with van der Waals surface area (Å²) in [6.07, 6.45) is 2.05. The fourth-order valence-electron chi connectivity index (χ4n) is 3.41. The largest absolute Gasteiger partial charge is 0.497 e. The number of amides is 2. The summed E-state index contributed by atoms with van der Waals surface area (Å²) in [6, 6.07) is 15.5. The normalized spacial score (nSPS) is 10.6. The summed E-state index contributed by atoms with van der Waals surface area (Å²) >= 11 is 0. The molecule has 3 aromatic rings. The molecule has 2 aromatic carbocycles. The van der Waals surface area contributed by atoms with Crippen molar-refractivity contribution >= 4 is 11.7 Å². The predicted molar refractivity (Wildman–Crippen MR) is 113 cm³/mol. The third-order valence-electron chi connectivity index (χ3n) is 4.87. The first-order valence-electron chi connectivity index (χ1n) is 9.36. The molecule has 2 N–H and O–H groups in total. The average Bonchev–Trinajstić information content (AvgIpc) is 3.11. The minimum atomic E-state index is -0.236. The minimum absolute atomic E-state index is 0.236. The molecule has 0 saturated carbocycles. The van der Waals surface area contributed by atoms with E-state index in [-0.39, 0.29) is 6.03 Å². The van der Waals surface area contributed by atoms with E-state index >= 15 is 0 Å². The molecule has 0 atom stereocenters. The van der Waals surface area contributed by atoms with Crippen molar-refractivity contribution in [2.24, 2.45) is 0 Å². The third kappa shape index (κ3) is 4.74. The van der Waals surface area contributed by atoms with Crippen LogP contribution < -0.4 is 15.4 Å². The second-order valence-electron chi connectivity index (χ2n) is 7.04. The number of ether oxygens (including phenoxy) is 1. The number of rotatable bonds is 6. The van der Waals surface area contributed by atoms with E-state index in [1.165, 1.54) is 22.3 Å². The van der Waals surface area contributed by atoms with E-state index in [0.29, 0.717) is 6.54 Å². The highest BCUT2D eigenvalue weighted by Crippen LogP contribution is 2.19. The molecule has 0 aliphatic rings. The Hall–Kier alpha value is -3.21. The maximum Gasteiger partial charge on any atom is 0.319 e.